The fourth-order valence-electron chi connectivity index (χ4n) is 2.75. The molecule has 0 spiro atoms. The van der Waals surface area contributed by atoms with Crippen molar-refractivity contribution in [2.45, 2.75) is 32.1 Å². The zero-order chi connectivity index (χ0) is 17.3. The summed E-state index contributed by atoms with van der Waals surface area (Å²) in [7, 11) is -3.50. The van der Waals surface area contributed by atoms with Crippen molar-refractivity contribution in [2.24, 2.45) is 0 Å². The van der Waals surface area contributed by atoms with Crippen LogP contribution in [-0.2, 0) is 16.4 Å². The summed E-state index contributed by atoms with van der Waals surface area (Å²) in [5.41, 5.74) is 4.69. The Hall–Kier alpha value is -2.18. The van der Waals surface area contributed by atoms with Gasteiger partial charge in [-0.3, -0.25) is 0 Å². The molecule has 2 aromatic heterocycles. The molecule has 6 heteroatoms. The Balaban J connectivity index is 1.70. The number of pyridine rings is 1. The molecule has 2 heterocycles. The van der Waals surface area contributed by atoms with Crippen molar-refractivity contribution in [1.29, 1.82) is 0 Å². The quantitative estimate of drug-likeness (QED) is 0.775. The van der Waals surface area contributed by atoms with Crippen LogP contribution >= 0.6 is 0 Å². The largest absolute Gasteiger partial charge is 0.307 e. The molecule has 0 bridgehead atoms. The molecule has 5 nitrogen and oxygen atoms in total. The van der Waals surface area contributed by atoms with E-state index >= 15 is 0 Å². The van der Waals surface area contributed by atoms with E-state index in [9.17, 15) is 8.42 Å². The van der Waals surface area contributed by atoms with Gasteiger partial charge in [0.25, 0.3) is 0 Å². The highest BCUT2D eigenvalue weighted by Gasteiger charge is 2.16. The van der Waals surface area contributed by atoms with Crippen LogP contribution in [0.4, 0.5) is 0 Å². The molecule has 3 rings (SSSR count). The number of rotatable bonds is 5. The molecule has 0 unspecified atom stereocenters. The molecule has 1 aromatic carbocycles. The number of aromatic nitrogens is 2. The van der Waals surface area contributed by atoms with E-state index in [1.165, 1.54) is 0 Å². The molecule has 0 radical (unpaired) electrons. The number of hydrogen-bond donors (Lipinski definition) is 1. The first-order valence-corrected chi connectivity index (χ1v) is 9.35. The van der Waals surface area contributed by atoms with Crippen molar-refractivity contribution >= 4 is 15.7 Å². The first kappa shape index (κ1) is 16.7. The number of fused-ring (bicyclic) bond motifs is 1. The molecular weight excluding hydrogens is 322 g/mol. The van der Waals surface area contributed by atoms with Gasteiger partial charge in [0.2, 0.25) is 10.0 Å². The molecule has 0 saturated carbocycles. The van der Waals surface area contributed by atoms with Crippen molar-refractivity contribution in [3.05, 3.63) is 65.1 Å². The van der Waals surface area contributed by atoms with Gasteiger partial charge < -0.3 is 4.40 Å². The second kappa shape index (κ2) is 6.37. The highest BCUT2D eigenvalue weighted by Crippen LogP contribution is 2.16. The Morgan fingerprint density at radius 3 is 2.58 bits per heavy atom. The van der Waals surface area contributed by atoms with Crippen LogP contribution in [0.5, 0.6) is 0 Å². The maximum atomic E-state index is 12.4. The van der Waals surface area contributed by atoms with E-state index in [2.05, 4.69) is 9.71 Å². The van der Waals surface area contributed by atoms with E-state index in [-0.39, 0.29) is 0 Å². The number of hydrogen-bond acceptors (Lipinski definition) is 3. The fourth-order valence-corrected chi connectivity index (χ4v) is 4.01. The summed E-state index contributed by atoms with van der Waals surface area (Å²) in [6.45, 7) is 6.10. The molecule has 3 aromatic rings. The summed E-state index contributed by atoms with van der Waals surface area (Å²) in [5, 5.41) is 0. The number of imidazole rings is 1. The molecule has 24 heavy (non-hydrogen) atoms. The lowest BCUT2D eigenvalue weighted by Gasteiger charge is -2.09. The third-order valence-corrected chi connectivity index (χ3v) is 5.58. The van der Waals surface area contributed by atoms with E-state index in [1.807, 2.05) is 61.8 Å². The van der Waals surface area contributed by atoms with Crippen LogP contribution in [0.25, 0.3) is 5.65 Å². The molecule has 0 aliphatic heterocycles. The molecule has 0 aliphatic carbocycles. The Labute approximate surface area is 142 Å². The minimum absolute atomic E-state index is 0.318. The molecule has 126 valence electrons. The minimum atomic E-state index is -3.50. The monoisotopic (exact) mass is 343 g/mol. The van der Waals surface area contributed by atoms with E-state index in [1.54, 1.807) is 6.07 Å². The minimum Gasteiger partial charge on any atom is -0.307 e. The number of sulfonamides is 1. The van der Waals surface area contributed by atoms with Crippen LogP contribution in [0.3, 0.4) is 0 Å². The van der Waals surface area contributed by atoms with Gasteiger partial charge in [-0.1, -0.05) is 17.7 Å². The van der Waals surface area contributed by atoms with Crippen LogP contribution in [-0.4, -0.2) is 24.3 Å². The predicted molar refractivity (Wildman–Crippen MR) is 94.7 cm³/mol. The van der Waals surface area contributed by atoms with Gasteiger partial charge in [0.1, 0.15) is 5.65 Å². The highest BCUT2D eigenvalue weighted by atomic mass is 32.2. The molecule has 1 N–H and O–H groups in total. The summed E-state index contributed by atoms with van der Waals surface area (Å²) < 4.78 is 29.5. The predicted octanol–water partition coefficient (Wildman–Crippen LogP) is 2.78. The van der Waals surface area contributed by atoms with Crippen LogP contribution in [0, 0.1) is 20.8 Å². The summed E-state index contributed by atoms with van der Waals surface area (Å²) >= 11 is 0. The van der Waals surface area contributed by atoms with Crippen molar-refractivity contribution in [2.75, 3.05) is 6.54 Å². The SMILES string of the molecule is Cc1ccc(S(=O)(=O)NCCc2cn3ccc(C)cc3n2)c(C)c1. The third-order valence-electron chi connectivity index (χ3n) is 3.96. The van der Waals surface area contributed by atoms with Crippen molar-refractivity contribution in [3.63, 3.8) is 0 Å². The van der Waals surface area contributed by atoms with Crippen molar-refractivity contribution in [1.82, 2.24) is 14.1 Å². The zero-order valence-corrected chi connectivity index (χ0v) is 14.9. The zero-order valence-electron chi connectivity index (χ0n) is 14.1. The lowest BCUT2D eigenvalue weighted by molar-refractivity contribution is 0.580. The molecule has 0 fully saturated rings. The molecule has 0 amide bonds. The smallest absolute Gasteiger partial charge is 0.240 e. The highest BCUT2D eigenvalue weighted by molar-refractivity contribution is 7.89. The Morgan fingerprint density at radius 1 is 1.08 bits per heavy atom. The Kier molecular flexibility index (Phi) is 4.43. The van der Waals surface area contributed by atoms with Crippen molar-refractivity contribution in [3.8, 4) is 0 Å². The summed E-state index contributed by atoms with van der Waals surface area (Å²) in [6, 6.07) is 9.36. The molecule has 0 aliphatic rings. The lowest BCUT2D eigenvalue weighted by Crippen LogP contribution is -2.26. The maximum absolute atomic E-state index is 12.4. The normalized spacial score (nSPS) is 12.0. The lowest BCUT2D eigenvalue weighted by atomic mass is 10.2. The first-order valence-electron chi connectivity index (χ1n) is 7.86. The maximum Gasteiger partial charge on any atom is 0.240 e. The number of nitrogens with zero attached hydrogens (tertiary/aromatic N) is 2. The molecule has 0 saturated heterocycles. The Bertz CT molecular complexity index is 991. The average Bonchev–Trinajstić information content (AvgIpc) is 2.88. The van der Waals surface area contributed by atoms with Crippen molar-refractivity contribution < 1.29 is 8.42 Å². The summed E-state index contributed by atoms with van der Waals surface area (Å²) in [4.78, 5) is 4.86. The Morgan fingerprint density at radius 2 is 1.83 bits per heavy atom. The second-order valence-corrected chi connectivity index (χ2v) is 7.85. The van der Waals surface area contributed by atoms with Gasteiger partial charge in [0.05, 0.1) is 10.6 Å². The van der Waals surface area contributed by atoms with Gasteiger partial charge in [-0.25, -0.2) is 18.1 Å². The first-order chi connectivity index (χ1) is 11.3. The van der Waals surface area contributed by atoms with Gasteiger partial charge >= 0.3 is 0 Å². The van der Waals surface area contributed by atoms with Crippen LogP contribution in [0.15, 0.2) is 47.6 Å². The van der Waals surface area contributed by atoms with Gasteiger partial charge in [-0.15, -0.1) is 0 Å². The average molecular weight is 343 g/mol. The van der Waals surface area contributed by atoms with E-state index in [4.69, 9.17) is 0 Å². The van der Waals surface area contributed by atoms with Gasteiger partial charge in [-0.05, 0) is 50.1 Å². The van der Waals surface area contributed by atoms with Crippen LogP contribution in [0.2, 0.25) is 0 Å². The van der Waals surface area contributed by atoms with Gasteiger partial charge in [0.15, 0.2) is 0 Å². The van der Waals surface area contributed by atoms with Gasteiger partial charge in [-0.2, -0.15) is 0 Å². The van der Waals surface area contributed by atoms with Gasteiger partial charge in [0, 0.05) is 25.4 Å². The standard InChI is InChI=1S/C18H21N3O2S/c1-13-4-5-17(15(3)10-13)24(22,23)19-8-6-16-12-21-9-7-14(2)11-18(21)20-16/h4-5,7,9-12,19H,6,8H2,1-3H3. The fraction of sp³-hybridized carbons (Fsp3) is 0.278. The molecular formula is C18H21N3O2S. The third kappa shape index (κ3) is 3.49. The summed E-state index contributed by atoms with van der Waals surface area (Å²) in [6.07, 6.45) is 4.44. The summed E-state index contributed by atoms with van der Waals surface area (Å²) in [5.74, 6) is 0. The second-order valence-electron chi connectivity index (χ2n) is 6.12. The van der Waals surface area contributed by atoms with Crippen LogP contribution < -0.4 is 4.72 Å². The number of aryl methyl sites for hydroxylation is 3. The van der Waals surface area contributed by atoms with Crippen LogP contribution in [0.1, 0.15) is 22.4 Å². The van der Waals surface area contributed by atoms with E-state index < -0.39 is 10.0 Å². The topological polar surface area (TPSA) is 63.5 Å². The molecule has 0 atom stereocenters. The number of nitrogens with one attached hydrogen (secondary N) is 1. The van der Waals surface area contributed by atoms with E-state index in [0.29, 0.717) is 17.9 Å². The van der Waals surface area contributed by atoms with E-state index in [0.717, 1.165) is 28.0 Å². The number of benzene rings is 1.